The molecule has 0 aliphatic carbocycles. The van der Waals surface area contributed by atoms with Gasteiger partial charge in [0.15, 0.2) is 0 Å². The minimum Gasteiger partial charge on any atom is -0.321 e. The molecule has 0 aliphatic heterocycles. The van der Waals surface area contributed by atoms with E-state index in [1.54, 1.807) is 7.05 Å². The molecule has 0 aromatic heterocycles. The van der Waals surface area contributed by atoms with Crippen LogP contribution in [0.15, 0.2) is 23.9 Å². The summed E-state index contributed by atoms with van der Waals surface area (Å²) in [5, 5.41) is 1.54. The SMILES string of the molecule is C/C=C\C(C)=C/N(C)N. The van der Waals surface area contributed by atoms with E-state index in [0.29, 0.717) is 0 Å². The number of nitrogens with zero attached hydrogens (tertiary/aromatic N) is 1. The van der Waals surface area contributed by atoms with Crippen LogP contribution in [0.5, 0.6) is 0 Å². The largest absolute Gasteiger partial charge is 0.321 e. The minimum absolute atomic E-state index is 1.16. The molecule has 0 saturated carbocycles. The number of allylic oxidation sites excluding steroid dienone is 3. The summed E-state index contributed by atoms with van der Waals surface area (Å²) in [5.74, 6) is 5.35. The van der Waals surface area contributed by atoms with Crippen molar-refractivity contribution in [3.63, 3.8) is 0 Å². The smallest absolute Gasteiger partial charge is 0.0223 e. The Balaban J connectivity index is 3.84. The Morgan fingerprint density at radius 3 is 2.44 bits per heavy atom. The van der Waals surface area contributed by atoms with E-state index in [2.05, 4.69) is 0 Å². The highest BCUT2D eigenvalue weighted by atomic mass is 15.4. The van der Waals surface area contributed by atoms with Crippen LogP contribution in [0.2, 0.25) is 0 Å². The van der Waals surface area contributed by atoms with Crippen molar-refractivity contribution >= 4 is 0 Å². The molecule has 2 N–H and O–H groups in total. The van der Waals surface area contributed by atoms with Gasteiger partial charge in [-0.1, -0.05) is 12.2 Å². The molecule has 9 heavy (non-hydrogen) atoms. The third-order valence-electron chi connectivity index (χ3n) is 0.837. The van der Waals surface area contributed by atoms with Crippen molar-refractivity contribution in [2.45, 2.75) is 13.8 Å². The number of hydrazine groups is 1. The van der Waals surface area contributed by atoms with Gasteiger partial charge in [-0.05, 0) is 19.4 Å². The van der Waals surface area contributed by atoms with Crippen molar-refractivity contribution in [3.05, 3.63) is 23.9 Å². The van der Waals surface area contributed by atoms with E-state index in [1.165, 1.54) is 5.01 Å². The molecule has 2 heteroatoms. The first-order valence-electron chi connectivity index (χ1n) is 2.95. The van der Waals surface area contributed by atoms with Crippen LogP contribution in [0, 0.1) is 0 Å². The second kappa shape index (κ2) is 4.15. The maximum atomic E-state index is 5.35. The van der Waals surface area contributed by atoms with Crippen LogP contribution < -0.4 is 5.84 Å². The predicted octanol–water partition coefficient (Wildman–Crippen LogP) is 1.27. The van der Waals surface area contributed by atoms with Crippen molar-refractivity contribution < 1.29 is 0 Å². The lowest BCUT2D eigenvalue weighted by molar-refractivity contribution is 0.482. The molecule has 0 saturated heterocycles. The molecule has 0 aromatic carbocycles. The second-order valence-electron chi connectivity index (χ2n) is 2.04. The fraction of sp³-hybridized carbons (Fsp3) is 0.429. The van der Waals surface area contributed by atoms with Crippen molar-refractivity contribution in [3.8, 4) is 0 Å². The maximum absolute atomic E-state index is 5.35. The molecule has 52 valence electrons. The zero-order chi connectivity index (χ0) is 7.28. The van der Waals surface area contributed by atoms with Gasteiger partial charge in [0.1, 0.15) is 0 Å². The van der Waals surface area contributed by atoms with Crippen molar-refractivity contribution in [1.29, 1.82) is 0 Å². The Labute approximate surface area is 56.6 Å². The second-order valence-corrected chi connectivity index (χ2v) is 2.04. The molecule has 0 radical (unpaired) electrons. The van der Waals surface area contributed by atoms with Crippen molar-refractivity contribution in [2.75, 3.05) is 7.05 Å². The van der Waals surface area contributed by atoms with Gasteiger partial charge in [0.05, 0.1) is 0 Å². The summed E-state index contributed by atoms with van der Waals surface area (Å²) >= 11 is 0. The molecule has 2 nitrogen and oxygen atoms in total. The van der Waals surface area contributed by atoms with Crippen LogP contribution in [0.3, 0.4) is 0 Å². The van der Waals surface area contributed by atoms with Crippen LogP contribution in [0.25, 0.3) is 0 Å². The van der Waals surface area contributed by atoms with Crippen LogP contribution in [0.1, 0.15) is 13.8 Å². The van der Waals surface area contributed by atoms with Gasteiger partial charge in [-0.3, -0.25) is 0 Å². The third kappa shape index (κ3) is 5.11. The van der Waals surface area contributed by atoms with E-state index >= 15 is 0 Å². The van der Waals surface area contributed by atoms with Gasteiger partial charge < -0.3 is 5.01 Å². The van der Waals surface area contributed by atoms with E-state index in [1.807, 2.05) is 32.2 Å². The third-order valence-corrected chi connectivity index (χ3v) is 0.837. The van der Waals surface area contributed by atoms with Gasteiger partial charge in [0.25, 0.3) is 0 Å². The molecular weight excluding hydrogens is 112 g/mol. The van der Waals surface area contributed by atoms with Crippen LogP contribution in [0.4, 0.5) is 0 Å². The lowest BCUT2D eigenvalue weighted by Crippen LogP contribution is -2.18. The molecule has 0 aromatic rings. The summed E-state index contributed by atoms with van der Waals surface area (Å²) < 4.78 is 0. The summed E-state index contributed by atoms with van der Waals surface area (Å²) in [6.07, 6.45) is 5.85. The van der Waals surface area contributed by atoms with Crippen LogP contribution in [-0.4, -0.2) is 12.1 Å². The first-order chi connectivity index (χ1) is 4.16. The quantitative estimate of drug-likeness (QED) is 0.343. The fourth-order valence-corrected chi connectivity index (χ4v) is 0.627. The Morgan fingerprint density at radius 2 is 2.11 bits per heavy atom. The molecule has 0 bridgehead atoms. The van der Waals surface area contributed by atoms with Gasteiger partial charge in [-0.15, -0.1) is 0 Å². The summed E-state index contributed by atoms with van der Waals surface area (Å²) in [4.78, 5) is 0. The summed E-state index contributed by atoms with van der Waals surface area (Å²) in [5.41, 5.74) is 1.16. The average molecular weight is 126 g/mol. The topological polar surface area (TPSA) is 29.3 Å². The van der Waals surface area contributed by atoms with E-state index in [-0.39, 0.29) is 0 Å². The van der Waals surface area contributed by atoms with E-state index in [9.17, 15) is 0 Å². The van der Waals surface area contributed by atoms with E-state index in [4.69, 9.17) is 5.84 Å². The zero-order valence-electron chi connectivity index (χ0n) is 6.26. The lowest BCUT2D eigenvalue weighted by Gasteiger charge is -2.04. The number of hydrogen-bond acceptors (Lipinski definition) is 2. The van der Waals surface area contributed by atoms with Crippen molar-refractivity contribution in [1.82, 2.24) is 5.01 Å². The molecular formula is C7H14N2. The summed E-state index contributed by atoms with van der Waals surface area (Å²) in [6, 6.07) is 0. The van der Waals surface area contributed by atoms with Crippen molar-refractivity contribution in [2.24, 2.45) is 5.84 Å². The highest BCUT2D eigenvalue weighted by Gasteiger charge is 1.80. The van der Waals surface area contributed by atoms with Gasteiger partial charge in [-0.2, -0.15) is 0 Å². The first-order valence-corrected chi connectivity index (χ1v) is 2.95. The Kier molecular flexibility index (Phi) is 3.80. The molecule has 0 rings (SSSR count). The molecule has 0 atom stereocenters. The molecule has 0 fully saturated rings. The van der Waals surface area contributed by atoms with Gasteiger partial charge in [-0.25, -0.2) is 5.84 Å². The normalized spacial score (nSPS) is 12.7. The van der Waals surface area contributed by atoms with Crippen LogP contribution in [-0.2, 0) is 0 Å². The molecule has 0 unspecified atom stereocenters. The highest BCUT2D eigenvalue weighted by Crippen LogP contribution is 1.93. The van der Waals surface area contributed by atoms with E-state index < -0.39 is 0 Å². The zero-order valence-corrected chi connectivity index (χ0v) is 6.26. The van der Waals surface area contributed by atoms with Gasteiger partial charge in [0, 0.05) is 13.2 Å². The molecule has 0 amide bonds. The van der Waals surface area contributed by atoms with Crippen LogP contribution >= 0.6 is 0 Å². The predicted molar refractivity (Wildman–Crippen MR) is 40.5 cm³/mol. The standard InChI is InChI=1S/C7H14N2/c1-4-5-7(2)6-9(3)8/h4-6H,8H2,1-3H3/b5-4-,7-6-. The Morgan fingerprint density at radius 1 is 1.56 bits per heavy atom. The Bertz CT molecular complexity index is 123. The summed E-state index contributed by atoms with van der Waals surface area (Å²) in [7, 11) is 1.80. The molecule has 0 spiro atoms. The number of hydrogen-bond donors (Lipinski definition) is 1. The minimum atomic E-state index is 1.16. The average Bonchev–Trinajstić information content (AvgIpc) is 1.63. The van der Waals surface area contributed by atoms with E-state index in [0.717, 1.165) is 5.57 Å². The number of rotatable bonds is 2. The lowest BCUT2D eigenvalue weighted by atomic mass is 10.3. The summed E-state index contributed by atoms with van der Waals surface area (Å²) in [6.45, 7) is 3.98. The fourth-order valence-electron chi connectivity index (χ4n) is 0.627. The maximum Gasteiger partial charge on any atom is 0.0223 e. The molecule has 0 heterocycles. The monoisotopic (exact) mass is 126 g/mol. The Hall–Kier alpha value is -0.760. The first kappa shape index (κ1) is 8.24. The van der Waals surface area contributed by atoms with Gasteiger partial charge >= 0.3 is 0 Å². The highest BCUT2D eigenvalue weighted by molar-refractivity contribution is 5.13. The number of nitrogens with two attached hydrogens (primary N) is 1. The van der Waals surface area contributed by atoms with Gasteiger partial charge in [0.2, 0.25) is 0 Å². The molecule has 0 aliphatic rings.